The minimum absolute atomic E-state index is 0.00903. The van der Waals surface area contributed by atoms with E-state index in [9.17, 15) is 18.8 Å². The number of halogens is 2. The van der Waals surface area contributed by atoms with Crippen molar-refractivity contribution in [2.75, 3.05) is 16.0 Å². The molecule has 3 amide bonds. The van der Waals surface area contributed by atoms with Crippen LogP contribution in [-0.4, -0.2) is 28.7 Å². The Morgan fingerprint density at radius 1 is 1.15 bits per heavy atom. The van der Waals surface area contributed by atoms with Gasteiger partial charge in [-0.1, -0.05) is 11.6 Å². The summed E-state index contributed by atoms with van der Waals surface area (Å²) in [6, 6.07) is 11.8. The maximum Gasteiger partial charge on any atom is 0.247 e. The summed E-state index contributed by atoms with van der Waals surface area (Å²) in [6.45, 7) is 0. The fourth-order valence-corrected chi connectivity index (χ4v) is 3.56. The van der Waals surface area contributed by atoms with Crippen molar-refractivity contribution < 1.29 is 18.8 Å². The third-order valence-corrected chi connectivity index (χ3v) is 5.19. The summed E-state index contributed by atoms with van der Waals surface area (Å²) >= 11 is 6.89. The van der Waals surface area contributed by atoms with Gasteiger partial charge in [0.25, 0.3) is 0 Å². The van der Waals surface area contributed by atoms with Gasteiger partial charge in [-0.15, -0.1) is 11.8 Å². The molecule has 0 aromatic heterocycles. The van der Waals surface area contributed by atoms with E-state index < -0.39 is 17.0 Å². The highest BCUT2D eigenvalue weighted by Gasteiger charge is 2.40. The van der Waals surface area contributed by atoms with Crippen LogP contribution in [0.25, 0.3) is 0 Å². The molecule has 0 saturated carbocycles. The molecular formula is C18H14ClFN2O3S. The van der Waals surface area contributed by atoms with Crippen LogP contribution < -0.4 is 10.2 Å². The number of amides is 3. The van der Waals surface area contributed by atoms with Gasteiger partial charge >= 0.3 is 0 Å². The molecular weight excluding hydrogens is 379 g/mol. The Balaban J connectivity index is 1.57. The van der Waals surface area contributed by atoms with Crippen molar-refractivity contribution in [2.45, 2.75) is 11.7 Å². The molecule has 0 aliphatic carbocycles. The maximum absolute atomic E-state index is 13.0. The molecule has 1 N–H and O–H groups in total. The summed E-state index contributed by atoms with van der Waals surface area (Å²) < 4.78 is 13.0. The van der Waals surface area contributed by atoms with Gasteiger partial charge in [0.2, 0.25) is 17.7 Å². The van der Waals surface area contributed by atoms with E-state index in [0.29, 0.717) is 16.4 Å². The maximum atomic E-state index is 13.0. The van der Waals surface area contributed by atoms with Crippen molar-refractivity contribution in [3.8, 4) is 0 Å². The van der Waals surface area contributed by atoms with Crippen LogP contribution in [0.3, 0.4) is 0 Å². The number of anilines is 2. The van der Waals surface area contributed by atoms with Crippen molar-refractivity contribution >= 4 is 52.5 Å². The van der Waals surface area contributed by atoms with Crippen molar-refractivity contribution in [2.24, 2.45) is 0 Å². The van der Waals surface area contributed by atoms with Crippen LogP contribution in [0, 0.1) is 5.82 Å². The van der Waals surface area contributed by atoms with Crippen LogP contribution >= 0.6 is 23.4 Å². The molecule has 0 spiro atoms. The van der Waals surface area contributed by atoms with E-state index in [2.05, 4.69) is 5.32 Å². The van der Waals surface area contributed by atoms with Gasteiger partial charge in [0, 0.05) is 17.1 Å². The number of nitrogens with zero attached hydrogens (tertiary/aromatic N) is 1. The van der Waals surface area contributed by atoms with Gasteiger partial charge in [-0.3, -0.25) is 14.4 Å². The van der Waals surface area contributed by atoms with Gasteiger partial charge in [0.05, 0.1) is 16.7 Å². The molecule has 1 unspecified atom stereocenters. The number of benzene rings is 2. The number of carbonyl (C=O) groups excluding carboxylic acids is 3. The molecule has 2 aromatic carbocycles. The highest BCUT2D eigenvalue weighted by molar-refractivity contribution is 8.01. The molecule has 2 aromatic rings. The summed E-state index contributed by atoms with van der Waals surface area (Å²) in [5, 5.41) is 2.63. The summed E-state index contributed by atoms with van der Waals surface area (Å²) in [7, 11) is 0. The molecule has 3 rings (SSSR count). The normalized spacial score (nSPS) is 16.8. The predicted molar refractivity (Wildman–Crippen MR) is 99.8 cm³/mol. The number of rotatable bonds is 5. The lowest BCUT2D eigenvalue weighted by Gasteiger charge is -2.14. The summed E-state index contributed by atoms with van der Waals surface area (Å²) in [5.74, 6) is -1.46. The van der Waals surface area contributed by atoms with Gasteiger partial charge < -0.3 is 5.32 Å². The fourth-order valence-electron chi connectivity index (χ4n) is 2.50. The zero-order valence-corrected chi connectivity index (χ0v) is 15.0. The fraction of sp³-hybridized carbons (Fsp3) is 0.167. The first-order chi connectivity index (χ1) is 12.4. The van der Waals surface area contributed by atoms with Gasteiger partial charge in [0.1, 0.15) is 5.82 Å². The molecule has 26 heavy (non-hydrogen) atoms. The van der Waals surface area contributed by atoms with Gasteiger partial charge in [-0.25, -0.2) is 9.29 Å². The Morgan fingerprint density at radius 2 is 1.81 bits per heavy atom. The highest BCUT2D eigenvalue weighted by Crippen LogP contribution is 2.29. The van der Waals surface area contributed by atoms with Crippen molar-refractivity contribution in [1.29, 1.82) is 0 Å². The lowest BCUT2D eigenvalue weighted by molar-refractivity contribution is -0.121. The van der Waals surface area contributed by atoms with Crippen LogP contribution in [-0.2, 0) is 14.4 Å². The number of hydrogen-bond donors (Lipinski definition) is 1. The Bertz CT molecular complexity index is 843. The van der Waals surface area contributed by atoms with E-state index in [1.807, 2.05) is 0 Å². The highest BCUT2D eigenvalue weighted by atomic mass is 35.5. The molecule has 1 aliphatic heterocycles. The van der Waals surface area contributed by atoms with E-state index in [0.717, 1.165) is 16.7 Å². The minimum Gasteiger partial charge on any atom is -0.325 e. The Hall–Kier alpha value is -2.38. The van der Waals surface area contributed by atoms with Crippen LogP contribution in [0.2, 0.25) is 5.02 Å². The molecule has 5 nitrogen and oxygen atoms in total. The second-order valence-electron chi connectivity index (χ2n) is 5.60. The molecule has 1 aliphatic rings. The third-order valence-electron chi connectivity index (χ3n) is 3.73. The van der Waals surface area contributed by atoms with Crippen LogP contribution in [0.15, 0.2) is 48.5 Å². The number of carbonyl (C=O) groups is 3. The Kier molecular flexibility index (Phi) is 5.58. The summed E-state index contributed by atoms with van der Waals surface area (Å²) in [6.07, 6.45) is 0.00903. The van der Waals surface area contributed by atoms with Gasteiger partial charge in [-0.2, -0.15) is 0 Å². The summed E-state index contributed by atoms with van der Waals surface area (Å²) in [4.78, 5) is 37.6. The second kappa shape index (κ2) is 7.88. The lowest BCUT2D eigenvalue weighted by atomic mass is 10.3. The molecule has 0 radical (unpaired) electrons. The van der Waals surface area contributed by atoms with Crippen molar-refractivity contribution in [3.05, 3.63) is 59.4 Å². The molecule has 8 heteroatoms. The van der Waals surface area contributed by atoms with Crippen molar-refractivity contribution in [3.63, 3.8) is 0 Å². The Morgan fingerprint density at radius 3 is 2.46 bits per heavy atom. The first-order valence-electron chi connectivity index (χ1n) is 7.73. The third kappa shape index (κ3) is 4.23. The Labute approximate surface area is 158 Å². The second-order valence-corrected chi connectivity index (χ2v) is 7.23. The van der Waals surface area contributed by atoms with Crippen LogP contribution in [0.1, 0.15) is 6.42 Å². The number of hydrogen-bond acceptors (Lipinski definition) is 4. The monoisotopic (exact) mass is 392 g/mol. The quantitative estimate of drug-likeness (QED) is 0.791. The molecule has 1 atom stereocenters. The number of nitrogens with one attached hydrogen (secondary N) is 1. The van der Waals surface area contributed by atoms with E-state index >= 15 is 0 Å². The standard InChI is InChI=1S/C18H14ClFN2O3S/c19-11-1-5-13(6-2-11)21-16(23)10-26-15-9-17(24)22(18(15)25)14-7-3-12(20)4-8-14/h1-8,15H,9-10H2,(H,21,23). The molecule has 0 bridgehead atoms. The SMILES string of the molecule is O=C(CSC1CC(=O)N(c2ccc(F)cc2)C1=O)Nc1ccc(Cl)cc1. The van der Waals surface area contributed by atoms with Gasteiger partial charge in [0.15, 0.2) is 0 Å². The molecule has 1 fully saturated rings. The smallest absolute Gasteiger partial charge is 0.247 e. The molecule has 1 saturated heterocycles. The molecule has 134 valence electrons. The van der Waals surface area contributed by atoms with Crippen LogP contribution in [0.5, 0.6) is 0 Å². The first-order valence-corrected chi connectivity index (χ1v) is 9.16. The number of thioether (sulfide) groups is 1. The largest absolute Gasteiger partial charge is 0.325 e. The topological polar surface area (TPSA) is 66.5 Å². The van der Waals surface area contributed by atoms with Gasteiger partial charge in [-0.05, 0) is 48.5 Å². The summed E-state index contributed by atoms with van der Waals surface area (Å²) in [5.41, 5.74) is 0.928. The zero-order valence-electron chi connectivity index (χ0n) is 13.4. The van der Waals surface area contributed by atoms with E-state index in [4.69, 9.17) is 11.6 Å². The van der Waals surface area contributed by atoms with Crippen LogP contribution in [0.4, 0.5) is 15.8 Å². The average Bonchev–Trinajstić information content (AvgIpc) is 2.90. The zero-order chi connectivity index (χ0) is 18.7. The van der Waals surface area contributed by atoms with E-state index in [1.54, 1.807) is 24.3 Å². The number of imide groups is 1. The molecule has 1 heterocycles. The lowest BCUT2D eigenvalue weighted by Crippen LogP contribution is -2.31. The minimum atomic E-state index is -0.636. The van der Waals surface area contributed by atoms with Crippen molar-refractivity contribution in [1.82, 2.24) is 0 Å². The van der Waals surface area contributed by atoms with E-state index in [-0.39, 0.29) is 24.0 Å². The van der Waals surface area contributed by atoms with E-state index in [1.165, 1.54) is 24.3 Å². The predicted octanol–water partition coefficient (Wildman–Crippen LogP) is 3.48. The average molecular weight is 393 g/mol. The first kappa shape index (κ1) is 18.4.